The van der Waals surface area contributed by atoms with Crippen LogP contribution in [0.3, 0.4) is 0 Å². The summed E-state index contributed by atoms with van der Waals surface area (Å²) in [5, 5.41) is 6.01. The molecule has 0 unspecified atom stereocenters. The Kier molecular flexibility index (Phi) is 9.92. The molecule has 3 rings (SSSR count). The minimum atomic E-state index is -0.298. The number of carbonyl (C=O) groups excluding carboxylic acids is 1. The standard InChI is InChI=1S/C28H32N2O3S/c1-21(2)17-19-32-24-14-8-13-23(20-24)27(31)30-28(34)29-25-15-6-7-16-26(25)33-18-9-12-22-10-4-3-5-11-22/h3-8,10-11,13-16,20-21H,9,12,17-19H2,1-2H3,(H2,29,30,31,34). The summed E-state index contributed by atoms with van der Waals surface area (Å²) in [5.74, 6) is 1.62. The Morgan fingerprint density at radius 1 is 0.912 bits per heavy atom. The van der Waals surface area contributed by atoms with Gasteiger partial charge in [0.25, 0.3) is 5.91 Å². The van der Waals surface area contributed by atoms with Crippen LogP contribution in [-0.2, 0) is 6.42 Å². The van der Waals surface area contributed by atoms with E-state index in [4.69, 9.17) is 21.7 Å². The van der Waals surface area contributed by atoms with Crippen LogP contribution >= 0.6 is 12.2 Å². The van der Waals surface area contributed by atoms with Gasteiger partial charge < -0.3 is 14.8 Å². The number of para-hydroxylation sites is 2. The van der Waals surface area contributed by atoms with Crippen LogP contribution in [0.1, 0.15) is 42.6 Å². The zero-order valence-electron chi connectivity index (χ0n) is 19.8. The number of aryl methyl sites for hydroxylation is 1. The quantitative estimate of drug-likeness (QED) is 0.253. The van der Waals surface area contributed by atoms with Crippen molar-refractivity contribution in [3.05, 3.63) is 90.0 Å². The molecular formula is C28H32N2O3S. The molecule has 0 aliphatic carbocycles. The monoisotopic (exact) mass is 476 g/mol. The number of anilines is 1. The van der Waals surface area contributed by atoms with Crippen LogP contribution in [0.15, 0.2) is 78.9 Å². The molecule has 0 bridgehead atoms. The lowest BCUT2D eigenvalue weighted by atomic mass is 10.1. The van der Waals surface area contributed by atoms with Crippen LogP contribution in [-0.4, -0.2) is 24.2 Å². The van der Waals surface area contributed by atoms with Crippen LogP contribution < -0.4 is 20.1 Å². The highest BCUT2D eigenvalue weighted by Gasteiger charge is 2.11. The van der Waals surface area contributed by atoms with Crippen molar-refractivity contribution in [2.75, 3.05) is 18.5 Å². The maximum atomic E-state index is 12.7. The molecule has 0 aliphatic heterocycles. The average molecular weight is 477 g/mol. The second kappa shape index (κ2) is 13.4. The van der Waals surface area contributed by atoms with E-state index < -0.39 is 0 Å². The maximum Gasteiger partial charge on any atom is 0.257 e. The summed E-state index contributed by atoms with van der Waals surface area (Å²) in [7, 11) is 0. The molecule has 3 aromatic carbocycles. The van der Waals surface area contributed by atoms with E-state index >= 15 is 0 Å². The van der Waals surface area contributed by atoms with E-state index in [9.17, 15) is 4.79 Å². The SMILES string of the molecule is CC(C)CCOc1cccc(C(=O)NC(=S)Nc2ccccc2OCCCc2ccccc2)c1. The summed E-state index contributed by atoms with van der Waals surface area (Å²) in [4.78, 5) is 12.7. The van der Waals surface area contributed by atoms with Gasteiger partial charge in [0, 0.05) is 5.56 Å². The van der Waals surface area contributed by atoms with E-state index in [0.717, 1.165) is 19.3 Å². The molecule has 0 saturated heterocycles. The molecule has 0 saturated carbocycles. The third-order valence-corrected chi connectivity index (χ3v) is 5.34. The third-order valence-electron chi connectivity index (χ3n) is 5.13. The van der Waals surface area contributed by atoms with Crippen LogP contribution in [0.4, 0.5) is 5.69 Å². The minimum absolute atomic E-state index is 0.205. The second-order valence-electron chi connectivity index (χ2n) is 8.40. The second-order valence-corrected chi connectivity index (χ2v) is 8.81. The van der Waals surface area contributed by atoms with Gasteiger partial charge in [0.05, 0.1) is 18.9 Å². The zero-order chi connectivity index (χ0) is 24.2. The predicted molar refractivity (Wildman–Crippen MR) is 142 cm³/mol. The molecule has 0 radical (unpaired) electrons. The highest BCUT2D eigenvalue weighted by molar-refractivity contribution is 7.80. The Balaban J connectivity index is 1.50. The van der Waals surface area contributed by atoms with Gasteiger partial charge in [0.15, 0.2) is 5.11 Å². The molecule has 5 nitrogen and oxygen atoms in total. The third kappa shape index (κ3) is 8.52. The van der Waals surface area contributed by atoms with Crippen LogP contribution in [0, 0.1) is 5.92 Å². The Labute approximate surface area is 207 Å². The fraction of sp³-hybridized carbons (Fsp3) is 0.286. The highest BCUT2D eigenvalue weighted by atomic mass is 32.1. The van der Waals surface area contributed by atoms with Gasteiger partial charge in [-0.25, -0.2) is 0 Å². The summed E-state index contributed by atoms with van der Waals surface area (Å²) in [5.41, 5.74) is 2.48. The number of benzene rings is 3. The number of hydrogen-bond donors (Lipinski definition) is 2. The Morgan fingerprint density at radius 2 is 1.68 bits per heavy atom. The van der Waals surface area contributed by atoms with Gasteiger partial charge in [-0.2, -0.15) is 0 Å². The van der Waals surface area contributed by atoms with Crippen molar-refractivity contribution in [2.45, 2.75) is 33.1 Å². The summed E-state index contributed by atoms with van der Waals surface area (Å²) in [6, 6.07) is 25.0. The molecule has 2 N–H and O–H groups in total. The van der Waals surface area contributed by atoms with Crippen LogP contribution in [0.25, 0.3) is 0 Å². The summed E-state index contributed by atoms with van der Waals surface area (Å²) in [6.07, 6.45) is 2.80. The van der Waals surface area contributed by atoms with Crippen molar-refractivity contribution in [1.29, 1.82) is 0 Å². The van der Waals surface area contributed by atoms with E-state index in [1.807, 2.05) is 48.5 Å². The minimum Gasteiger partial charge on any atom is -0.494 e. The number of amides is 1. The van der Waals surface area contributed by atoms with E-state index in [1.165, 1.54) is 5.56 Å². The van der Waals surface area contributed by atoms with Gasteiger partial charge in [0.2, 0.25) is 0 Å². The highest BCUT2D eigenvalue weighted by Crippen LogP contribution is 2.24. The number of carbonyl (C=O) groups is 1. The van der Waals surface area contributed by atoms with Gasteiger partial charge in [-0.15, -0.1) is 0 Å². The first-order chi connectivity index (χ1) is 16.5. The summed E-state index contributed by atoms with van der Waals surface area (Å²) < 4.78 is 11.7. The largest absolute Gasteiger partial charge is 0.494 e. The van der Waals surface area contributed by atoms with Crippen molar-refractivity contribution in [2.24, 2.45) is 5.92 Å². The molecule has 1 amide bonds. The first kappa shape index (κ1) is 25.2. The van der Waals surface area contributed by atoms with E-state index in [0.29, 0.717) is 41.9 Å². The molecule has 0 aromatic heterocycles. The maximum absolute atomic E-state index is 12.7. The summed E-state index contributed by atoms with van der Waals surface area (Å²) in [6.45, 7) is 5.49. The van der Waals surface area contributed by atoms with Crippen molar-refractivity contribution in [1.82, 2.24) is 5.32 Å². The zero-order valence-corrected chi connectivity index (χ0v) is 20.6. The van der Waals surface area contributed by atoms with Gasteiger partial charge in [0.1, 0.15) is 11.5 Å². The van der Waals surface area contributed by atoms with Crippen LogP contribution in [0.2, 0.25) is 0 Å². The normalized spacial score (nSPS) is 10.6. The molecule has 0 fully saturated rings. The lowest BCUT2D eigenvalue weighted by Gasteiger charge is -2.15. The average Bonchev–Trinajstić information content (AvgIpc) is 2.83. The van der Waals surface area contributed by atoms with Crippen LogP contribution in [0.5, 0.6) is 11.5 Å². The van der Waals surface area contributed by atoms with Gasteiger partial charge >= 0.3 is 0 Å². The van der Waals surface area contributed by atoms with E-state index in [1.54, 1.807) is 18.2 Å². The van der Waals surface area contributed by atoms with E-state index in [-0.39, 0.29) is 11.0 Å². The van der Waals surface area contributed by atoms with Crippen molar-refractivity contribution in [3.8, 4) is 11.5 Å². The predicted octanol–water partition coefficient (Wildman–Crippen LogP) is 6.25. The summed E-state index contributed by atoms with van der Waals surface area (Å²) >= 11 is 5.37. The number of thiocarbonyl (C=S) groups is 1. The molecule has 6 heteroatoms. The Bertz CT molecular complexity index is 1070. The molecule has 34 heavy (non-hydrogen) atoms. The van der Waals surface area contributed by atoms with Gasteiger partial charge in [-0.1, -0.05) is 62.4 Å². The Hall–Kier alpha value is -3.38. The van der Waals surface area contributed by atoms with Crippen molar-refractivity contribution in [3.63, 3.8) is 0 Å². The van der Waals surface area contributed by atoms with Gasteiger partial charge in [-0.05, 0) is 73.3 Å². The molecule has 3 aromatic rings. The fourth-order valence-corrected chi connectivity index (χ4v) is 3.47. The molecule has 0 atom stereocenters. The number of ether oxygens (including phenoxy) is 2. The Morgan fingerprint density at radius 3 is 2.47 bits per heavy atom. The van der Waals surface area contributed by atoms with Crippen molar-refractivity contribution >= 4 is 28.9 Å². The lowest BCUT2D eigenvalue weighted by Crippen LogP contribution is -2.34. The molecule has 178 valence electrons. The number of rotatable bonds is 11. The first-order valence-electron chi connectivity index (χ1n) is 11.6. The molecular weight excluding hydrogens is 444 g/mol. The molecule has 0 spiro atoms. The lowest BCUT2D eigenvalue weighted by molar-refractivity contribution is 0.0977. The number of hydrogen-bond acceptors (Lipinski definition) is 4. The fourth-order valence-electron chi connectivity index (χ4n) is 3.27. The molecule has 0 aliphatic rings. The first-order valence-corrected chi connectivity index (χ1v) is 12.0. The number of nitrogens with one attached hydrogen (secondary N) is 2. The topological polar surface area (TPSA) is 59.6 Å². The molecule has 0 heterocycles. The van der Waals surface area contributed by atoms with Gasteiger partial charge in [-0.3, -0.25) is 10.1 Å². The smallest absolute Gasteiger partial charge is 0.257 e. The van der Waals surface area contributed by atoms with Crippen molar-refractivity contribution < 1.29 is 14.3 Å². The van der Waals surface area contributed by atoms with E-state index in [2.05, 4.69) is 36.6 Å².